The molecular weight excluding hydrogens is 258 g/mol. The Kier molecular flexibility index (Phi) is 4.26. The number of hydrogen-bond acceptors (Lipinski definition) is 2. The first-order valence-corrected chi connectivity index (χ1v) is 7.71. The van der Waals surface area contributed by atoms with Crippen molar-refractivity contribution in [2.24, 2.45) is 0 Å². The third-order valence-corrected chi connectivity index (χ3v) is 4.49. The third kappa shape index (κ3) is 3.27. The second-order valence-corrected chi connectivity index (χ2v) is 5.94. The van der Waals surface area contributed by atoms with Gasteiger partial charge in [0.05, 0.1) is 7.11 Å². The summed E-state index contributed by atoms with van der Waals surface area (Å²) in [6.07, 6.45) is 2.47. The molecule has 0 aliphatic heterocycles. The second-order valence-electron chi connectivity index (χ2n) is 5.94. The molecule has 1 aliphatic carbocycles. The molecule has 110 valence electrons. The van der Waals surface area contributed by atoms with Gasteiger partial charge in [-0.25, -0.2) is 0 Å². The van der Waals surface area contributed by atoms with E-state index in [-0.39, 0.29) is 0 Å². The Morgan fingerprint density at radius 2 is 1.81 bits per heavy atom. The van der Waals surface area contributed by atoms with Crippen molar-refractivity contribution in [3.63, 3.8) is 0 Å². The van der Waals surface area contributed by atoms with Crippen LogP contribution in [0.15, 0.2) is 54.6 Å². The monoisotopic (exact) mass is 281 g/mol. The molecule has 2 nitrogen and oxygen atoms in total. The molecule has 1 atom stereocenters. The first-order valence-electron chi connectivity index (χ1n) is 7.71. The average molecular weight is 281 g/mol. The summed E-state index contributed by atoms with van der Waals surface area (Å²) in [6, 6.07) is 20.1. The van der Waals surface area contributed by atoms with Crippen molar-refractivity contribution >= 4 is 0 Å². The Labute approximate surface area is 127 Å². The molecule has 0 spiro atoms. The lowest BCUT2D eigenvalue weighted by Crippen LogP contribution is -2.41. The maximum absolute atomic E-state index is 5.30. The fraction of sp³-hybridized carbons (Fsp3) is 0.368. The molecule has 0 radical (unpaired) electrons. The Hall–Kier alpha value is -1.80. The van der Waals surface area contributed by atoms with Crippen molar-refractivity contribution in [2.45, 2.75) is 37.8 Å². The zero-order valence-corrected chi connectivity index (χ0v) is 12.8. The molecule has 2 aromatic carbocycles. The van der Waals surface area contributed by atoms with Crippen molar-refractivity contribution in [3.05, 3.63) is 65.7 Å². The Morgan fingerprint density at radius 1 is 1.05 bits per heavy atom. The van der Waals surface area contributed by atoms with Crippen LogP contribution < -0.4 is 10.1 Å². The predicted molar refractivity (Wildman–Crippen MR) is 86.7 cm³/mol. The summed E-state index contributed by atoms with van der Waals surface area (Å²) in [5, 5.41) is 3.73. The van der Waals surface area contributed by atoms with Crippen LogP contribution in [0.2, 0.25) is 0 Å². The van der Waals surface area contributed by atoms with Gasteiger partial charge in [-0.15, -0.1) is 0 Å². The lowest BCUT2D eigenvalue weighted by molar-refractivity contribution is 0.270. The van der Waals surface area contributed by atoms with Crippen molar-refractivity contribution in [1.82, 2.24) is 5.32 Å². The van der Waals surface area contributed by atoms with Gasteiger partial charge in [0, 0.05) is 12.1 Å². The van der Waals surface area contributed by atoms with E-state index in [9.17, 15) is 0 Å². The van der Waals surface area contributed by atoms with Gasteiger partial charge in [-0.05, 0) is 48.9 Å². The lowest BCUT2D eigenvalue weighted by Gasteiger charge is -2.38. The summed E-state index contributed by atoms with van der Waals surface area (Å²) >= 11 is 0. The van der Waals surface area contributed by atoms with Crippen molar-refractivity contribution in [3.8, 4) is 5.75 Å². The van der Waals surface area contributed by atoms with Gasteiger partial charge in [-0.1, -0.05) is 42.5 Å². The quantitative estimate of drug-likeness (QED) is 0.882. The van der Waals surface area contributed by atoms with E-state index in [1.165, 1.54) is 24.0 Å². The number of hydrogen-bond donors (Lipinski definition) is 1. The molecule has 0 heterocycles. The molecule has 1 saturated carbocycles. The minimum atomic E-state index is 0.363. The first-order chi connectivity index (χ1) is 10.3. The number of nitrogens with one attached hydrogen (secondary N) is 1. The molecule has 0 amide bonds. The zero-order chi connectivity index (χ0) is 14.7. The number of rotatable bonds is 5. The van der Waals surface area contributed by atoms with Crippen LogP contribution >= 0.6 is 0 Å². The number of benzene rings is 2. The minimum Gasteiger partial charge on any atom is -0.497 e. The van der Waals surface area contributed by atoms with Crippen molar-refractivity contribution in [1.29, 1.82) is 0 Å². The second kappa shape index (κ2) is 6.31. The fourth-order valence-corrected chi connectivity index (χ4v) is 3.11. The van der Waals surface area contributed by atoms with Crippen LogP contribution in [0.5, 0.6) is 5.75 Å². The van der Waals surface area contributed by atoms with Gasteiger partial charge < -0.3 is 10.1 Å². The molecule has 0 bridgehead atoms. The van der Waals surface area contributed by atoms with Gasteiger partial charge in [0.2, 0.25) is 0 Å². The molecule has 0 aromatic heterocycles. The molecule has 21 heavy (non-hydrogen) atoms. The SMILES string of the molecule is COc1cccc([C@H](C)NC2CC(c3ccccc3)C2)c1. The standard InChI is InChI=1S/C19H23NO/c1-14(16-9-6-10-19(13-16)21-2)20-18-11-17(12-18)15-7-4-3-5-8-15/h3-10,13-14,17-18,20H,11-12H2,1-2H3/t14-,17?,18?/m0/s1. The smallest absolute Gasteiger partial charge is 0.119 e. The topological polar surface area (TPSA) is 21.3 Å². The number of methoxy groups -OCH3 is 1. The fourth-order valence-electron chi connectivity index (χ4n) is 3.11. The van der Waals surface area contributed by atoms with Crippen LogP contribution in [-0.4, -0.2) is 13.2 Å². The van der Waals surface area contributed by atoms with E-state index < -0.39 is 0 Å². The van der Waals surface area contributed by atoms with Gasteiger partial charge in [0.1, 0.15) is 5.75 Å². The van der Waals surface area contributed by atoms with Crippen LogP contribution in [0.1, 0.15) is 42.9 Å². The molecule has 2 heteroatoms. The molecule has 2 aromatic rings. The summed E-state index contributed by atoms with van der Waals surface area (Å²) in [5.74, 6) is 1.65. The van der Waals surface area contributed by atoms with Crippen molar-refractivity contribution < 1.29 is 4.74 Å². The Morgan fingerprint density at radius 3 is 2.52 bits per heavy atom. The van der Waals surface area contributed by atoms with E-state index >= 15 is 0 Å². The van der Waals surface area contributed by atoms with E-state index in [1.54, 1.807) is 7.11 Å². The van der Waals surface area contributed by atoms with Gasteiger partial charge in [-0.3, -0.25) is 0 Å². The predicted octanol–water partition coefficient (Wildman–Crippen LogP) is 4.29. The molecule has 1 N–H and O–H groups in total. The number of ether oxygens (including phenoxy) is 1. The van der Waals surface area contributed by atoms with E-state index in [1.807, 2.05) is 6.07 Å². The van der Waals surface area contributed by atoms with Crippen LogP contribution in [0.25, 0.3) is 0 Å². The van der Waals surface area contributed by atoms with Gasteiger partial charge >= 0.3 is 0 Å². The highest BCUT2D eigenvalue weighted by atomic mass is 16.5. The molecular formula is C19H23NO. The van der Waals surface area contributed by atoms with Gasteiger partial charge in [0.25, 0.3) is 0 Å². The van der Waals surface area contributed by atoms with E-state index in [0.717, 1.165) is 11.7 Å². The Bertz CT molecular complexity index is 575. The highest BCUT2D eigenvalue weighted by molar-refractivity contribution is 5.30. The molecule has 0 unspecified atom stereocenters. The van der Waals surface area contributed by atoms with Gasteiger partial charge in [-0.2, -0.15) is 0 Å². The largest absolute Gasteiger partial charge is 0.497 e. The average Bonchev–Trinajstić information content (AvgIpc) is 2.51. The van der Waals surface area contributed by atoms with E-state index in [2.05, 4.69) is 60.8 Å². The summed E-state index contributed by atoms with van der Waals surface area (Å²) < 4.78 is 5.30. The molecule has 0 saturated heterocycles. The van der Waals surface area contributed by atoms with Crippen LogP contribution in [0.4, 0.5) is 0 Å². The van der Waals surface area contributed by atoms with E-state index in [4.69, 9.17) is 4.74 Å². The highest BCUT2D eigenvalue weighted by Gasteiger charge is 2.30. The highest BCUT2D eigenvalue weighted by Crippen LogP contribution is 2.37. The van der Waals surface area contributed by atoms with Gasteiger partial charge in [0.15, 0.2) is 0 Å². The van der Waals surface area contributed by atoms with Crippen molar-refractivity contribution in [2.75, 3.05) is 7.11 Å². The third-order valence-electron chi connectivity index (χ3n) is 4.49. The molecule has 1 aliphatic rings. The Balaban J connectivity index is 1.54. The zero-order valence-electron chi connectivity index (χ0n) is 12.8. The van der Waals surface area contributed by atoms with Crippen LogP contribution in [0, 0.1) is 0 Å². The van der Waals surface area contributed by atoms with Crippen LogP contribution in [0.3, 0.4) is 0 Å². The maximum Gasteiger partial charge on any atom is 0.119 e. The lowest BCUT2D eigenvalue weighted by atomic mass is 9.75. The normalized spacial score (nSPS) is 22.4. The summed E-state index contributed by atoms with van der Waals surface area (Å²) in [6.45, 7) is 2.23. The summed E-state index contributed by atoms with van der Waals surface area (Å²) in [4.78, 5) is 0. The molecule has 1 fully saturated rings. The van der Waals surface area contributed by atoms with Crippen LogP contribution in [-0.2, 0) is 0 Å². The first kappa shape index (κ1) is 14.2. The maximum atomic E-state index is 5.30. The molecule has 3 rings (SSSR count). The summed E-state index contributed by atoms with van der Waals surface area (Å²) in [5.41, 5.74) is 2.77. The summed E-state index contributed by atoms with van der Waals surface area (Å²) in [7, 11) is 1.72. The minimum absolute atomic E-state index is 0.363. The van der Waals surface area contributed by atoms with E-state index in [0.29, 0.717) is 12.1 Å².